The van der Waals surface area contributed by atoms with Gasteiger partial charge in [-0.2, -0.15) is 0 Å². The summed E-state index contributed by atoms with van der Waals surface area (Å²) in [7, 11) is 4.05. The molecule has 0 fully saturated rings. The fourth-order valence-electron chi connectivity index (χ4n) is 0.970. The fraction of sp³-hybridized carbons (Fsp3) is 0.556. The number of nitrogens with zero attached hydrogens (tertiary/aromatic N) is 3. The Morgan fingerprint density at radius 2 is 1.75 bits per heavy atom. The van der Waals surface area contributed by atoms with Crippen LogP contribution >= 0.6 is 0 Å². The van der Waals surface area contributed by atoms with Crippen LogP contribution in [0.2, 0.25) is 0 Å². The Balaban J connectivity index is 2.65. The van der Waals surface area contributed by atoms with Gasteiger partial charge in [-0.3, -0.25) is 9.97 Å². The Bertz CT molecular complexity index is 228. The first-order valence-electron chi connectivity index (χ1n) is 4.17. The third-order valence-electron chi connectivity index (χ3n) is 1.60. The van der Waals surface area contributed by atoms with Gasteiger partial charge in [0.15, 0.2) is 0 Å². The van der Waals surface area contributed by atoms with Crippen molar-refractivity contribution in [1.82, 2.24) is 14.9 Å². The van der Waals surface area contributed by atoms with E-state index in [2.05, 4.69) is 21.8 Å². The van der Waals surface area contributed by atoms with Crippen molar-refractivity contribution in [3.63, 3.8) is 0 Å². The van der Waals surface area contributed by atoms with Gasteiger partial charge in [-0.25, -0.2) is 0 Å². The highest BCUT2D eigenvalue weighted by molar-refractivity contribution is 5.01. The minimum atomic E-state index is 0.858. The third-order valence-corrected chi connectivity index (χ3v) is 1.60. The maximum atomic E-state index is 4.29. The average Bonchev–Trinajstić information content (AvgIpc) is 2.05. The molecule has 0 unspecified atom stereocenters. The second-order valence-electron chi connectivity index (χ2n) is 3.09. The summed E-state index contributed by atoms with van der Waals surface area (Å²) < 4.78 is 0. The molecule has 0 saturated heterocycles. The lowest BCUT2D eigenvalue weighted by atomic mass is 10.3. The summed E-state index contributed by atoms with van der Waals surface area (Å²) in [6.45, 7) is 2.94. The molecule has 0 radical (unpaired) electrons. The predicted octanol–water partition coefficient (Wildman–Crippen LogP) is 1.10. The van der Waals surface area contributed by atoms with Gasteiger partial charge in [-0.15, -0.1) is 0 Å². The van der Waals surface area contributed by atoms with Gasteiger partial charge in [0.2, 0.25) is 0 Å². The second-order valence-corrected chi connectivity index (χ2v) is 3.09. The van der Waals surface area contributed by atoms with Gasteiger partial charge in [0.25, 0.3) is 0 Å². The van der Waals surface area contributed by atoms with E-state index in [4.69, 9.17) is 0 Å². The van der Waals surface area contributed by atoms with Crippen molar-refractivity contribution in [1.29, 1.82) is 0 Å². The largest absolute Gasteiger partial charge is 0.304 e. The Kier molecular flexibility index (Phi) is 3.17. The molecule has 3 heteroatoms. The Hall–Kier alpha value is -0.960. The molecule has 0 N–H and O–H groups in total. The Morgan fingerprint density at radius 3 is 2.17 bits per heavy atom. The molecule has 1 aromatic heterocycles. The van der Waals surface area contributed by atoms with E-state index < -0.39 is 0 Å². The van der Waals surface area contributed by atoms with Crippen LogP contribution in [0.1, 0.15) is 18.3 Å². The van der Waals surface area contributed by atoms with Crippen LogP contribution in [0.3, 0.4) is 0 Å². The van der Waals surface area contributed by atoms with Crippen LogP contribution in [0.5, 0.6) is 0 Å². The first-order valence-corrected chi connectivity index (χ1v) is 4.17. The number of hydrogen-bond donors (Lipinski definition) is 0. The zero-order chi connectivity index (χ0) is 8.97. The summed E-state index contributed by atoms with van der Waals surface area (Å²) in [5.41, 5.74) is 2.08. The number of rotatable bonds is 3. The van der Waals surface area contributed by atoms with E-state index in [0.29, 0.717) is 0 Å². The molecule has 66 valence electrons. The summed E-state index contributed by atoms with van der Waals surface area (Å²) >= 11 is 0. The molecule has 1 heterocycles. The molecule has 0 bridgehead atoms. The molecule has 1 aromatic rings. The standard InChI is InChI=1S/C9H15N3/c1-4-8-5-11-9(6-10-8)7-12(2)3/h5-6H,4,7H2,1-3H3. The van der Waals surface area contributed by atoms with Gasteiger partial charge < -0.3 is 4.90 Å². The van der Waals surface area contributed by atoms with Gasteiger partial charge in [-0.05, 0) is 20.5 Å². The van der Waals surface area contributed by atoms with Crippen molar-refractivity contribution in [3.05, 3.63) is 23.8 Å². The predicted molar refractivity (Wildman–Crippen MR) is 48.8 cm³/mol. The van der Waals surface area contributed by atoms with Crippen LogP contribution < -0.4 is 0 Å². The number of aromatic nitrogens is 2. The number of aryl methyl sites for hydroxylation is 1. The highest BCUT2D eigenvalue weighted by Crippen LogP contribution is 1.97. The monoisotopic (exact) mass is 165 g/mol. The smallest absolute Gasteiger partial charge is 0.0726 e. The van der Waals surface area contributed by atoms with Crippen molar-refractivity contribution in [2.45, 2.75) is 19.9 Å². The van der Waals surface area contributed by atoms with E-state index in [1.807, 2.05) is 26.5 Å². The normalized spacial score (nSPS) is 10.7. The minimum Gasteiger partial charge on any atom is -0.304 e. The molecule has 0 saturated carbocycles. The summed E-state index contributed by atoms with van der Waals surface area (Å²) in [4.78, 5) is 10.6. The molecule has 0 atom stereocenters. The van der Waals surface area contributed by atoms with E-state index >= 15 is 0 Å². The SMILES string of the molecule is CCc1cnc(CN(C)C)cn1. The molecule has 3 nitrogen and oxygen atoms in total. The summed E-state index contributed by atoms with van der Waals surface area (Å²) in [6.07, 6.45) is 4.65. The summed E-state index contributed by atoms with van der Waals surface area (Å²) in [5, 5.41) is 0. The Morgan fingerprint density at radius 1 is 1.17 bits per heavy atom. The maximum absolute atomic E-state index is 4.29. The van der Waals surface area contributed by atoms with Crippen molar-refractivity contribution < 1.29 is 0 Å². The molecule has 0 amide bonds. The van der Waals surface area contributed by atoms with Crippen molar-refractivity contribution in [2.75, 3.05) is 14.1 Å². The van der Waals surface area contributed by atoms with E-state index in [1.54, 1.807) is 0 Å². The minimum absolute atomic E-state index is 0.858. The summed E-state index contributed by atoms with van der Waals surface area (Å²) in [5.74, 6) is 0. The van der Waals surface area contributed by atoms with E-state index in [0.717, 1.165) is 24.4 Å². The highest BCUT2D eigenvalue weighted by atomic mass is 15.1. The van der Waals surface area contributed by atoms with Crippen LogP contribution in [0.25, 0.3) is 0 Å². The van der Waals surface area contributed by atoms with Crippen LogP contribution in [-0.2, 0) is 13.0 Å². The topological polar surface area (TPSA) is 29.0 Å². The highest BCUT2D eigenvalue weighted by Gasteiger charge is 1.96. The lowest BCUT2D eigenvalue weighted by Crippen LogP contribution is -2.12. The molecule has 0 aliphatic carbocycles. The lowest BCUT2D eigenvalue weighted by Gasteiger charge is -2.07. The first kappa shape index (κ1) is 9.13. The van der Waals surface area contributed by atoms with Crippen LogP contribution in [0.15, 0.2) is 12.4 Å². The zero-order valence-corrected chi connectivity index (χ0v) is 7.91. The van der Waals surface area contributed by atoms with Gasteiger partial charge >= 0.3 is 0 Å². The molecular weight excluding hydrogens is 150 g/mol. The van der Waals surface area contributed by atoms with E-state index in [1.165, 1.54) is 0 Å². The van der Waals surface area contributed by atoms with Crippen LogP contribution in [0, 0.1) is 0 Å². The molecule has 0 aromatic carbocycles. The fourth-order valence-corrected chi connectivity index (χ4v) is 0.970. The molecule has 0 aliphatic rings. The van der Waals surface area contributed by atoms with Crippen LogP contribution in [-0.4, -0.2) is 29.0 Å². The van der Waals surface area contributed by atoms with Crippen molar-refractivity contribution >= 4 is 0 Å². The van der Waals surface area contributed by atoms with Crippen molar-refractivity contribution in [3.8, 4) is 0 Å². The van der Waals surface area contributed by atoms with Gasteiger partial charge in [-0.1, -0.05) is 6.92 Å². The molecule has 1 rings (SSSR count). The lowest BCUT2D eigenvalue weighted by molar-refractivity contribution is 0.396. The Labute approximate surface area is 73.5 Å². The van der Waals surface area contributed by atoms with Gasteiger partial charge in [0, 0.05) is 12.7 Å². The zero-order valence-electron chi connectivity index (χ0n) is 7.91. The molecule has 12 heavy (non-hydrogen) atoms. The molecule has 0 spiro atoms. The third kappa shape index (κ3) is 2.58. The second kappa shape index (κ2) is 4.16. The first-order chi connectivity index (χ1) is 5.72. The molecule has 0 aliphatic heterocycles. The van der Waals surface area contributed by atoms with Gasteiger partial charge in [0.1, 0.15) is 0 Å². The quantitative estimate of drug-likeness (QED) is 0.671. The van der Waals surface area contributed by atoms with E-state index in [-0.39, 0.29) is 0 Å². The van der Waals surface area contributed by atoms with E-state index in [9.17, 15) is 0 Å². The van der Waals surface area contributed by atoms with Crippen LogP contribution in [0.4, 0.5) is 0 Å². The molecular formula is C9H15N3. The summed E-state index contributed by atoms with van der Waals surface area (Å²) in [6, 6.07) is 0. The van der Waals surface area contributed by atoms with Gasteiger partial charge in [0.05, 0.1) is 17.6 Å². The number of hydrogen-bond acceptors (Lipinski definition) is 3. The average molecular weight is 165 g/mol. The maximum Gasteiger partial charge on any atom is 0.0726 e. The van der Waals surface area contributed by atoms with Crippen molar-refractivity contribution in [2.24, 2.45) is 0 Å².